The first kappa shape index (κ1) is 15.3. The van der Waals surface area contributed by atoms with Crippen molar-refractivity contribution in [2.75, 3.05) is 6.54 Å². The number of amides is 1. The van der Waals surface area contributed by atoms with Gasteiger partial charge in [-0.2, -0.15) is 0 Å². The van der Waals surface area contributed by atoms with E-state index >= 15 is 0 Å². The summed E-state index contributed by atoms with van der Waals surface area (Å²) in [5.74, 6) is 0.0693. The maximum Gasteiger partial charge on any atom is 0.323 e. The molecular weight excluding hydrogens is 302 g/mol. The summed E-state index contributed by atoms with van der Waals surface area (Å²) in [5, 5.41) is 9.73. The number of carbonyl (C=O) groups is 2. The summed E-state index contributed by atoms with van der Waals surface area (Å²) >= 11 is 5.86. The summed E-state index contributed by atoms with van der Waals surface area (Å²) in [5.41, 5.74) is 0.905. The molecule has 1 amide bonds. The van der Waals surface area contributed by atoms with Crippen LogP contribution in [0, 0.1) is 17.8 Å². The molecule has 5 heteroatoms. The van der Waals surface area contributed by atoms with Crippen LogP contribution in [0.15, 0.2) is 24.3 Å². The van der Waals surface area contributed by atoms with E-state index in [4.69, 9.17) is 16.7 Å². The van der Waals surface area contributed by atoms with Gasteiger partial charge < -0.3 is 10.0 Å². The average molecular weight is 322 g/mol. The molecule has 2 atom stereocenters. The summed E-state index contributed by atoms with van der Waals surface area (Å²) < 4.78 is 0. The number of carbonyl (C=O) groups excluding carboxylic acids is 1. The van der Waals surface area contributed by atoms with Crippen molar-refractivity contribution >= 4 is 23.5 Å². The molecule has 0 heterocycles. The van der Waals surface area contributed by atoms with Crippen LogP contribution in [0.5, 0.6) is 0 Å². The third-order valence-corrected chi connectivity index (χ3v) is 5.12. The smallest absolute Gasteiger partial charge is 0.323 e. The van der Waals surface area contributed by atoms with Gasteiger partial charge in [0.2, 0.25) is 5.91 Å². The van der Waals surface area contributed by atoms with Gasteiger partial charge in [0.05, 0.1) is 0 Å². The molecule has 1 aromatic carbocycles. The van der Waals surface area contributed by atoms with E-state index in [1.807, 2.05) is 12.1 Å². The van der Waals surface area contributed by atoms with Gasteiger partial charge in [0, 0.05) is 17.5 Å². The molecule has 0 saturated heterocycles. The number of hydrogen-bond acceptors (Lipinski definition) is 2. The Morgan fingerprint density at radius 1 is 1.14 bits per heavy atom. The second-order valence-electron chi connectivity index (χ2n) is 6.35. The summed E-state index contributed by atoms with van der Waals surface area (Å²) in [6, 6.07) is 7.20. The maximum atomic E-state index is 12.7. The van der Waals surface area contributed by atoms with E-state index in [0.717, 1.165) is 18.4 Å². The number of halogens is 1. The number of hydrogen-bond donors (Lipinski definition) is 1. The Morgan fingerprint density at radius 2 is 1.73 bits per heavy atom. The highest BCUT2D eigenvalue weighted by atomic mass is 35.5. The van der Waals surface area contributed by atoms with Crippen molar-refractivity contribution in [2.24, 2.45) is 17.8 Å². The molecule has 3 rings (SSSR count). The summed E-state index contributed by atoms with van der Waals surface area (Å²) in [7, 11) is 0. The zero-order valence-corrected chi connectivity index (χ0v) is 13.1. The van der Waals surface area contributed by atoms with Crippen molar-refractivity contribution in [3.05, 3.63) is 34.9 Å². The van der Waals surface area contributed by atoms with Gasteiger partial charge in [-0.15, -0.1) is 0 Å². The minimum absolute atomic E-state index is 0.00856. The van der Waals surface area contributed by atoms with Gasteiger partial charge in [-0.3, -0.25) is 9.59 Å². The van der Waals surface area contributed by atoms with Gasteiger partial charge in [-0.05, 0) is 42.4 Å². The fourth-order valence-corrected chi connectivity index (χ4v) is 3.88. The fourth-order valence-electron chi connectivity index (χ4n) is 3.75. The van der Waals surface area contributed by atoms with Crippen LogP contribution in [0.1, 0.15) is 31.2 Å². The quantitative estimate of drug-likeness (QED) is 0.906. The van der Waals surface area contributed by atoms with Gasteiger partial charge in [0.1, 0.15) is 6.54 Å². The molecule has 2 aliphatic rings. The lowest BCUT2D eigenvalue weighted by molar-refractivity contribution is -0.145. The van der Waals surface area contributed by atoms with Crippen LogP contribution in [-0.4, -0.2) is 28.4 Å². The number of carboxylic acid groups (broad SMARTS) is 1. The number of carboxylic acids is 1. The van der Waals surface area contributed by atoms with Crippen LogP contribution in [-0.2, 0) is 16.1 Å². The molecule has 0 spiro atoms. The van der Waals surface area contributed by atoms with Crippen LogP contribution < -0.4 is 0 Å². The molecule has 0 aliphatic heterocycles. The lowest BCUT2D eigenvalue weighted by atomic mass is 10.0. The highest BCUT2D eigenvalue weighted by Crippen LogP contribution is 2.56. The molecule has 4 nitrogen and oxygen atoms in total. The Labute approximate surface area is 135 Å². The standard InChI is InChI=1S/C17H20ClNO3/c18-12-7-5-11(6-8-12)9-19(10-15(20)21)17(22)16-13-3-1-2-4-14(13)16/h5-8,13-14,16H,1-4,9-10H2,(H,20,21). The topological polar surface area (TPSA) is 57.6 Å². The summed E-state index contributed by atoms with van der Waals surface area (Å²) in [6.07, 6.45) is 4.62. The van der Waals surface area contributed by atoms with E-state index < -0.39 is 5.97 Å². The van der Waals surface area contributed by atoms with Gasteiger partial charge in [0.15, 0.2) is 0 Å². The molecule has 2 fully saturated rings. The zero-order valence-electron chi connectivity index (χ0n) is 12.4. The zero-order chi connectivity index (χ0) is 15.7. The Balaban J connectivity index is 1.70. The third kappa shape index (κ3) is 3.27. The SMILES string of the molecule is O=C(O)CN(Cc1ccc(Cl)cc1)C(=O)C1C2CCCCC21. The maximum absolute atomic E-state index is 12.7. The highest BCUT2D eigenvalue weighted by Gasteiger charge is 2.55. The number of fused-ring (bicyclic) bond motifs is 1. The van der Waals surface area contributed by atoms with Crippen molar-refractivity contribution in [3.8, 4) is 0 Å². The minimum atomic E-state index is -0.967. The molecule has 1 N–H and O–H groups in total. The summed E-state index contributed by atoms with van der Waals surface area (Å²) in [6.45, 7) is 0.0929. The van der Waals surface area contributed by atoms with E-state index in [1.165, 1.54) is 17.7 Å². The highest BCUT2D eigenvalue weighted by molar-refractivity contribution is 6.30. The van der Waals surface area contributed by atoms with Gasteiger partial charge in [-0.1, -0.05) is 36.6 Å². The van der Waals surface area contributed by atoms with Crippen LogP contribution >= 0.6 is 11.6 Å². The Hall–Kier alpha value is -1.55. The van der Waals surface area contributed by atoms with Crippen molar-refractivity contribution in [1.82, 2.24) is 4.90 Å². The van der Waals surface area contributed by atoms with Crippen molar-refractivity contribution in [3.63, 3.8) is 0 Å². The third-order valence-electron chi connectivity index (χ3n) is 4.87. The molecule has 0 aromatic heterocycles. The van der Waals surface area contributed by atoms with Crippen LogP contribution in [0.3, 0.4) is 0 Å². The summed E-state index contributed by atoms with van der Waals surface area (Å²) in [4.78, 5) is 25.3. The van der Waals surface area contributed by atoms with E-state index in [-0.39, 0.29) is 18.4 Å². The molecule has 2 saturated carbocycles. The molecular formula is C17H20ClNO3. The molecule has 0 bridgehead atoms. The van der Waals surface area contributed by atoms with Crippen LogP contribution in [0.4, 0.5) is 0 Å². The fraction of sp³-hybridized carbons (Fsp3) is 0.529. The minimum Gasteiger partial charge on any atom is -0.480 e. The van der Waals surface area contributed by atoms with E-state index in [1.54, 1.807) is 12.1 Å². The largest absolute Gasteiger partial charge is 0.480 e. The lowest BCUT2D eigenvalue weighted by Crippen LogP contribution is -2.36. The molecule has 0 radical (unpaired) electrons. The second kappa shape index (κ2) is 6.29. The molecule has 22 heavy (non-hydrogen) atoms. The number of aliphatic carboxylic acids is 1. The van der Waals surface area contributed by atoms with E-state index in [9.17, 15) is 9.59 Å². The molecule has 2 unspecified atom stereocenters. The predicted molar refractivity (Wildman–Crippen MR) is 83.4 cm³/mol. The first-order valence-corrected chi connectivity index (χ1v) is 8.19. The van der Waals surface area contributed by atoms with Crippen molar-refractivity contribution in [2.45, 2.75) is 32.2 Å². The number of benzene rings is 1. The predicted octanol–water partition coefficient (Wildman–Crippen LogP) is 3.19. The monoisotopic (exact) mass is 321 g/mol. The van der Waals surface area contributed by atoms with Gasteiger partial charge >= 0.3 is 5.97 Å². The second-order valence-corrected chi connectivity index (χ2v) is 6.79. The first-order chi connectivity index (χ1) is 10.6. The Morgan fingerprint density at radius 3 is 2.27 bits per heavy atom. The van der Waals surface area contributed by atoms with Gasteiger partial charge in [-0.25, -0.2) is 0 Å². The molecule has 118 valence electrons. The van der Waals surface area contributed by atoms with Crippen molar-refractivity contribution < 1.29 is 14.7 Å². The molecule has 2 aliphatic carbocycles. The van der Waals surface area contributed by atoms with E-state index in [0.29, 0.717) is 23.4 Å². The number of rotatable bonds is 5. The molecule has 1 aromatic rings. The average Bonchev–Trinajstić information content (AvgIpc) is 3.22. The van der Waals surface area contributed by atoms with Crippen LogP contribution in [0.2, 0.25) is 5.02 Å². The lowest BCUT2D eigenvalue weighted by Gasteiger charge is -2.21. The van der Waals surface area contributed by atoms with E-state index in [2.05, 4.69) is 0 Å². The van der Waals surface area contributed by atoms with Gasteiger partial charge in [0.25, 0.3) is 0 Å². The Kier molecular flexibility index (Phi) is 4.39. The van der Waals surface area contributed by atoms with Crippen LogP contribution in [0.25, 0.3) is 0 Å². The first-order valence-electron chi connectivity index (χ1n) is 7.81. The van der Waals surface area contributed by atoms with Crippen molar-refractivity contribution in [1.29, 1.82) is 0 Å². The number of nitrogens with zero attached hydrogens (tertiary/aromatic N) is 1. The Bertz CT molecular complexity index is 560. The normalized spacial score (nSPS) is 26.1.